The number of halogens is 1. The molecule has 1 rings (SSSR count). The second kappa shape index (κ2) is 6.96. The quantitative estimate of drug-likeness (QED) is 0.599. The lowest BCUT2D eigenvalue weighted by molar-refractivity contribution is 0.0791. The average molecular weight is 254 g/mol. The number of rotatable bonds is 6. The number of hydrogen-bond acceptors (Lipinski definition) is 3. The first-order valence-electron chi connectivity index (χ1n) is 5.97. The number of benzene rings is 1. The predicted octanol–water partition coefficient (Wildman–Crippen LogP) is 1.64. The molecule has 0 bridgehead atoms. The molecule has 5 heteroatoms. The summed E-state index contributed by atoms with van der Waals surface area (Å²) in [6.45, 7) is 0.743. The van der Waals surface area contributed by atoms with Gasteiger partial charge >= 0.3 is 0 Å². The third kappa shape index (κ3) is 4.33. The number of nitrogens with two attached hydrogens (primary N) is 1. The highest BCUT2D eigenvalue weighted by atomic mass is 19.1. The Hall–Kier alpha value is -1.62. The van der Waals surface area contributed by atoms with E-state index < -0.39 is 5.82 Å². The maximum absolute atomic E-state index is 13.1. The first-order chi connectivity index (χ1) is 8.54. The van der Waals surface area contributed by atoms with E-state index in [1.54, 1.807) is 7.05 Å². The number of carbonyl (C=O) groups is 1. The summed E-state index contributed by atoms with van der Waals surface area (Å²) in [6, 6.07) is 3.83. The van der Waals surface area contributed by atoms with Gasteiger partial charge in [-0.2, -0.15) is 0 Å². The van der Waals surface area contributed by atoms with Crippen LogP contribution in [0.2, 0.25) is 0 Å². The highest BCUT2D eigenvalue weighted by molar-refractivity contribution is 5.94. The zero-order valence-corrected chi connectivity index (χ0v) is 10.5. The van der Waals surface area contributed by atoms with Crippen molar-refractivity contribution in [3.63, 3.8) is 0 Å². The van der Waals surface area contributed by atoms with Crippen LogP contribution in [0.1, 0.15) is 29.6 Å². The standard InChI is InChI=1S/C13H19FN2O2/c1-16(5-3-2-4-6-17)13(18)10-7-11(14)9-12(15)8-10/h7-9,17H,2-6,15H2,1H3. The second-order valence-corrected chi connectivity index (χ2v) is 4.28. The van der Waals surface area contributed by atoms with Gasteiger partial charge in [-0.15, -0.1) is 0 Å². The normalized spacial score (nSPS) is 10.4. The molecule has 1 aromatic rings. The smallest absolute Gasteiger partial charge is 0.253 e. The van der Waals surface area contributed by atoms with Crippen LogP contribution in [0, 0.1) is 5.82 Å². The van der Waals surface area contributed by atoms with Crippen LogP contribution in [-0.2, 0) is 0 Å². The summed E-state index contributed by atoms with van der Waals surface area (Å²) in [5.41, 5.74) is 6.00. The van der Waals surface area contributed by atoms with Gasteiger partial charge in [-0.1, -0.05) is 0 Å². The van der Waals surface area contributed by atoms with E-state index in [0.29, 0.717) is 6.54 Å². The van der Waals surface area contributed by atoms with Crippen LogP contribution in [-0.4, -0.2) is 36.1 Å². The molecule has 0 fully saturated rings. The fourth-order valence-corrected chi connectivity index (χ4v) is 1.70. The van der Waals surface area contributed by atoms with E-state index in [1.165, 1.54) is 23.1 Å². The van der Waals surface area contributed by atoms with E-state index in [0.717, 1.165) is 19.3 Å². The Labute approximate surface area is 106 Å². The molecule has 0 spiro atoms. The molecule has 0 heterocycles. The first kappa shape index (κ1) is 14.4. The largest absolute Gasteiger partial charge is 0.399 e. The molecule has 3 N–H and O–H groups in total. The van der Waals surface area contributed by atoms with Gasteiger partial charge in [-0.05, 0) is 37.5 Å². The van der Waals surface area contributed by atoms with Crippen molar-refractivity contribution >= 4 is 11.6 Å². The Morgan fingerprint density at radius 2 is 2.06 bits per heavy atom. The van der Waals surface area contributed by atoms with Gasteiger partial charge in [0.15, 0.2) is 0 Å². The van der Waals surface area contributed by atoms with Crippen LogP contribution in [0.25, 0.3) is 0 Å². The minimum Gasteiger partial charge on any atom is -0.399 e. The van der Waals surface area contributed by atoms with Gasteiger partial charge < -0.3 is 15.7 Å². The monoisotopic (exact) mass is 254 g/mol. The first-order valence-corrected chi connectivity index (χ1v) is 5.97. The minimum absolute atomic E-state index is 0.165. The van der Waals surface area contributed by atoms with Crippen molar-refractivity contribution in [3.8, 4) is 0 Å². The molecule has 0 unspecified atom stereocenters. The molecule has 0 aliphatic rings. The third-order valence-electron chi connectivity index (χ3n) is 2.67. The number of anilines is 1. The Balaban J connectivity index is 2.57. The Kier molecular flexibility index (Phi) is 5.58. The van der Waals surface area contributed by atoms with Crippen LogP contribution in [0.5, 0.6) is 0 Å². The van der Waals surface area contributed by atoms with E-state index in [-0.39, 0.29) is 23.8 Å². The third-order valence-corrected chi connectivity index (χ3v) is 2.67. The summed E-state index contributed by atoms with van der Waals surface area (Å²) in [6.07, 6.45) is 2.40. The number of hydrogen-bond donors (Lipinski definition) is 2. The number of nitrogen functional groups attached to an aromatic ring is 1. The Morgan fingerprint density at radius 3 is 2.67 bits per heavy atom. The molecule has 0 aliphatic heterocycles. The van der Waals surface area contributed by atoms with Crippen LogP contribution >= 0.6 is 0 Å². The lowest BCUT2D eigenvalue weighted by Gasteiger charge is -2.17. The summed E-state index contributed by atoms with van der Waals surface area (Å²) in [4.78, 5) is 13.5. The van der Waals surface area contributed by atoms with Crippen LogP contribution in [0.3, 0.4) is 0 Å². The van der Waals surface area contributed by atoms with Gasteiger partial charge in [0.25, 0.3) is 5.91 Å². The van der Waals surface area contributed by atoms with Crippen molar-refractivity contribution < 1.29 is 14.3 Å². The summed E-state index contributed by atoms with van der Waals surface area (Å²) < 4.78 is 13.1. The SMILES string of the molecule is CN(CCCCCO)C(=O)c1cc(N)cc(F)c1. The zero-order chi connectivity index (χ0) is 13.5. The zero-order valence-electron chi connectivity index (χ0n) is 10.5. The van der Waals surface area contributed by atoms with Crippen molar-refractivity contribution in [1.29, 1.82) is 0 Å². The molecule has 0 radical (unpaired) electrons. The van der Waals surface area contributed by atoms with Crippen molar-refractivity contribution in [2.45, 2.75) is 19.3 Å². The van der Waals surface area contributed by atoms with Gasteiger partial charge in [0.1, 0.15) is 5.82 Å². The van der Waals surface area contributed by atoms with Crippen molar-refractivity contribution in [2.75, 3.05) is 25.9 Å². The van der Waals surface area contributed by atoms with E-state index in [1.807, 2.05) is 0 Å². The van der Waals surface area contributed by atoms with Gasteiger partial charge in [-0.3, -0.25) is 4.79 Å². The molecule has 0 aliphatic carbocycles. The van der Waals surface area contributed by atoms with Gasteiger partial charge in [0.2, 0.25) is 0 Å². The number of carbonyl (C=O) groups excluding carboxylic acids is 1. The van der Waals surface area contributed by atoms with E-state index in [2.05, 4.69) is 0 Å². The molecule has 18 heavy (non-hydrogen) atoms. The van der Waals surface area contributed by atoms with Gasteiger partial charge in [0.05, 0.1) is 0 Å². The lowest BCUT2D eigenvalue weighted by Crippen LogP contribution is -2.28. The highest BCUT2D eigenvalue weighted by Crippen LogP contribution is 2.13. The Morgan fingerprint density at radius 1 is 1.33 bits per heavy atom. The maximum atomic E-state index is 13.1. The number of aliphatic hydroxyl groups is 1. The number of aliphatic hydroxyl groups excluding tert-OH is 1. The molecule has 0 saturated carbocycles. The molecule has 0 aromatic heterocycles. The highest BCUT2D eigenvalue weighted by Gasteiger charge is 2.12. The second-order valence-electron chi connectivity index (χ2n) is 4.28. The molecular formula is C13H19FN2O2. The fourth-order valence-electron chi connectivity index (χ4n) is 1.70. The summed E-state index contributed by atoms with van der Waals surface area (Å²) in [5.74, 6) is -0.753. The minimum atomic E-state index is -0.507. The number of amides is 1. The molecular weight excluding hydrogens is 235 g/mol. The number of nitrogens with zero attached hydrogens (tertiary/aromatic N) is 1. The molecule has 1 amide bonds. The van der Waals surface area contributed by atoms with Crippen molar-refractivity contribution in [2.24, 2.45) is 0 Å². The molecule has 0 atom stereocenters. The summed E-state index contributed by atoms with van der Waals surface area (Å²) in [5, 5.41) is 8.64. The summed E-state index contributed by atoms with van der Waals surface area (Å²) in [7, 11) is 1.67. The molecule has 100 valence electrons. The maximum Gasteiger partial charge on any atom is 0.253 e. The van der Waals surface area contributed by atoms with E-state index >= 15 is 0 Å². The van der Waals surface area contributed by atoms with Gasteiger partial charge in [0, 0.05) is 31.5 Å². The average Bonchev–Trinajstić information content (AvgIpc) is 2.32. The Bertz CT molecular complexity index is 390. The van der Waals surface area contributed by atoms with Crippen molar-refractivity contribution in [3.05, 3.63) is 29.6 Å². The van der Waals surface area contributed by atoms with Crippen LogP contribution in [0.4, 0.5) is 10.1 Å². The lowest BCUT2D eigenvalue weighted by atomic mass is 10.1. The molecule has 0 saturated heterocycles. The fraction of sp³-hybridized carbons (Fsp3) is 0.462. The van der Waals surface area contributed by atoms with Crippen LogP contribution in [0.15, 0.2) is 18.2 Å². The van der Waals surface area contributed by atoms with E-state index in [4.69, 9.17) is 10.8 Å². The topological polar surface area (TPSA) is 66.6 Å². The van der Waals surface area contributed by atoms with Crippen molar-refractivity contribution in [1.82, 2.24) is 4.90 Å². The predicted molar refractivity (Wildman–Crippen MR) is 68.7 cm³/mol. The van der Waals surface area contributed by atoms with Crippen LogP contribution < -0.4 is 5.73 Å². The molecule has 1 aromatic carbocycles. The van der Waals surface area contributed by atoms with E-state index in [9.17, 15) is 9.18 Å². The summed E-state index contributed by atoms with van der Waals surface area (Å²) >= 11 is 0. The number of unbranched alkanes of at least 4 members (excludes halogenated alkanes) is 2. The van der Waals surface area contributed by atoms with Gasteiger partial charge in [-0.25, -0.2) is 4.39 Å². The molecule has 4 nitrogen and oxygen atoms in total.